The maximum Gasteiger partial charge on any atom is 0.0379 e. The van der Waals surface area contributed by atoms with E-state index in [0.29, 0.717) is 5.41 Å². The van der Waals surface area contributed by atoms with Crippen LogP contribution in [0.5, 0.6) is 0 Å². The topological polar surface area (TPSA) is 12.0 Å². The maximum atomic E-state index is 3.55. The first-order valence-electron chi connectivity index (χ1n) is 6.76. The van der Waals surface area contributed by atoms with Gasteiger partial charge in [0, 0.05) is 17.6 Å². The molecule has 0 aromatic heterocycles. The van der Waals surface area contributed by atoms with Gasteiger partial charge in [-0.15, -0.1) is 0 Å². The number of benzene rings is 1. The second-order valence-corrected chi connectivity index (χ2v) is 6.67. The zero-order valence-electron chi connectivity index (χ0n) is 11.9. The average Bonchev–Trinajstić information content (AvgIpc) is 2.56. The first-order chi connectivity index (χ1) is 7.87. The molecule has 1 atom stereocenters. The third-order valence-electron chi connectivity index (χ3n) is 4.01. The van der Waals surface area contributed by atoms with Crippen molar-refractivity contribution >= 4 is 5.69 Å². The van der Waals surface area contributed by atoms with Crippen LogP contribution in [-0.2, 0) is 10.8 Å². The van der Waals surface area contributed by atoms with Crippen LogP contribution in [0.3, 0.4) is 0 Å². The van der Waals surface area contributed by atoms with Gasteiger partial charge in [-0.2, -0.15) is 0 Å². The fraction of sp³-hybridized carbons (Fsp3) is 0.625. The van der Waals surface area contributed by atoms with Gasteiger partial charge in [0.05, 0.1) is 0 Å². The van der Waals surface area contributed by atoms with E-state index in [-0.39, 0.29) is 5.41 Å². The van der Waals surface area contributed by atoms with Crippen LogP contribution in [0.4, 0.5) is 5.69 Å². The highest BCUT2D eigenvalue weighted by Gasteiger charge is 2.34. The van der Waals surface area contributed by atoms with Crippen LogP contribution in [0.2, 0.25) is 0 Å². The lowest BCUT2D eigenvalue weighted by Gasteiger charge is -2.26. The minimum Gasteiger partial charge on any atom is -0.384 e. The van der Waals surface area contributed by atoms with Gasteiger partial charge in [0.1, 0.15) is 0 Å². The van der Waals surface area contributed by atoms with Crippen molar-refractivity contribution in [2.45, 2.75) is 58.3 Å². The van der Waals surface area contributed by atoms with Gasteiger partial charge in [-0.3, -0.25) is 0 Å². The lowest BCUT2D eigenvalue weighted by molar-refractivity contribution is 0.469. The third-order valence-corrected chi connectivity index (χ3v) is 4.01. The summed E-state index contributed by atoms with van der Waals surface area (Å²) in [6, 6.07) is 6.95. The summed E-state index contributed by atoms with van der Waals surface area (Å²) in [4.78, 5) is 0. The van der Waals surface area contributed by atoms with Crippen LogP contribution in [0.1, 0.15) is 58.6 Å². The maximum absolute atomic E-state index is 3.55. The van der Waals surface area contributed by atoms with Crippen molar-refractivity contribution in [1.29, 1.82) is 0 Å². The van der Waals surface area contributed by atoms with Gasteiger partial charge >= 0.3 is 0 Å². The highest BCUT2D eigenvalue weighted by molar-refractivity contribution is 5.61. The van der Waals surface area contributed by atoms with Crippen LogP contribution in [-0.4, -0.2) is 6.54 Å². The molecule has 0 bridgehead atoms. The summed E-state index contributed by atoms with van der Waals surface area (Å²) in [6.07, 6.45) is 2.51. The molecule has 1 aliphatic rings. The standard InChI is InChI=1S/C16H25N/c1-6-9-16(5)11-17-14-8-7-12(10-13(14)16)15(2,3)4/h7-8,10,17H,6,9,11H2,1-5H3. The molecule has 17 heavy (non-hydrogen) atoms. The fourth-order valence-corrected chi connectivity index (χ4v) is 2.82. The van der Waals surface area contributed by atoms with Crippen LogP contribution in [0.25, 0.3) is 0 Å². The predicted molar refractivity (Wildman–Crippen MR) is 75.9 cm³/mol. The van der Waals surface area contributed by atoms with Crippen molar-refractivity contribution in [3.8, 4) is 0 Å². The van der Waals surface area contributed by atoms with Gasteiger partial charge in [-0.05, 0) is 29.0 Å². The number of fused-ring (bicyclic) bond motifs is 1. The Morgan fingerprint density at radius 1 is 1.29 bits per heavy atom. The van der Waals surface area contributed by atoms with E-state index in [1.54, 1.807) is 0 Å². The Morgan fingerprint density at radius 2 is 2.00 bits per heavy atom. The number of nitrogens with one attached hydrogen (secondary N) is 1. The van der Waals surface area contributed by atoms with Gasteiger partial charge in [0.15, 0.2) is 0 Å². The van der Waals surface area contributed by atoms with Crippen molar-refractivity contribution in [1.82, 2.24) is 0 Å². The molecule has 0 saturated heterocycles. The van der Waals surface area contributed by atoms with E-state index in [1.807, 2.05) is 0 Å². The van der Waals surface area contributed by atoms with Crippen molar-refractivity contribution in [2.24, 2.45) is 0 Å². The van der Waals surface area contributed by atoms with E-state index in [0.717, 1.165) is 6.54 Å². The molecule has 0 spiro atoms. The van der Waals surface area contributed by atoms with Crippen molar-refractivity contribution in [3.05, 3.63) is 29.3 Å². The number of hydrogen-bond donors (Lipinski definition) is 1. The minimum absolute atomic E-state index is 0.241. The first-order valence-corrected chi connectivity index (χ1v) is 6.76. The molecule has 0 amide bonds. The zero-order valence-corrected chi connectivity index (χ0v) is 11.9. The second-order valence-electron chi connectivity index (χ2n) is 6.67. The zero-order chi connectivity index (χ0) is 12.7. The predicted octanol–water partition coefficient (Wildman–Crippen LogP) is 4.47. The highest BCUT2D eigenvalue weighted by atomic mass is 14.9. The van der Waals surface area contributed by atoms with Crippen LogP contribution < -0.4 is 5.32 Å². The molecule has 0 aliphatic carbocycles. The number of anilines is 1. The van der Waals surface area contributed by atoms with Crippen LogP contribution in [0, 0.1) is 0 Å². The summed E-state index contributed by atoms with van der Waals surface area (Å²) in [5.41, 5.74) is 4.87. The fourth-order valence-electron chi connectivity index (χ4n) is 2.82. The molecule has 1 heteroatoms. The number of rotatable bonds is 2. The molecule has 1 aromatic rings. The lowest BCUT2D eigenvalue weighted by Crippen LogP contribution is -2.24. The Balaban J connectivity index is 2.44. The number of hydrogen-bond acceptors (Lipinski definition) is 1. The molecule has 1 aliphatic heterocycles. The van der Waals surface area contributed by atoms with Crippen molar-refractivity contribution < 1.29 is 0 Å². The van der Waals surface area contributed by atoms with Crippen LogP contribution >= 0.6 is 0 Å². The van der Waals surface area contributed by atoms with E-state index in [4.69, 9.17) is 0 Å². The summed E-state index contributed by atoms with van der Waals surface area (Å²) in [5.74, 6) is 0. The SMILES string of the molecule is CCCC1(C)CNc2ccc(C(C)(C)C)cc21. The van der Waals surface area contributed by atoms with Crippen LogP contribution in [0.15, 0.2) is 18.2 Å². The van der Waals surface area contributed by atoms with Crippen molar-refractivity contribution in [3.63, 3.8) is 0 Å². The van der Waals surface area contributed by atoms with Gasteiger partial charge in [0.2, 0.25) is 0 Å². The van der Waals surface area contributed by atoms with Crippen molar-refractivity contribution in [2.75, 3.05) is 11.9 Å². The van der Waals surface area contributed by atoms with Gasteiger partial charge in [-0.25, -0.2) is 0 Å². The Bertz CT molecular complexity index is 410. The Labute approximate surface area is 106 Å². The molecule has 0 saturated carbocycles. The second kappa shape index (κ2) is 4.04. The van der Waals surface area contributed by atoms with Gasteiger partial charge < -0.3 is 5.32 Å². The Morgan fingerprint density at radius 3 is 2.59 bits per heavy atom. The lowest BCUT2D eigenvalue weighted by atomic mass is 9.77. The highest BCUT2D eigenvalue weighted by Crippen LogP contribution is 2.41. The van der Waals surface area contributed by atoms with E-state index in [2.05, 4.69) is 58.1 Å². The molecule has 1 N–H and O–H groups in total. The summed E-state index contributed by atoms with van der Waals surface area (Å²) in [5, 5.41) is 3.55. The smallest absolute Gasteiger partial charge is 0.0379 e. The average molecular weight is 231 g/mol. The first kappa shape index (κ1) is 12.5. The molecule has 1 heterocycles. The Kier molecular flexibility index (Phi) is 2.97. The molecular weight excluding hydrogens is 206 g/mol. The summed E-state index contributed by atoms with van der Waals surface area (Å²) < 4.78 is 0. The largest absolute Gasteiger partial charge is 0.384 e. The molecule has 0 radical (unpaired) electrons. The van der Waals surface area contributed by atoms with Gasteiger partial charge in [0.25, 0.3) is 0 Å². The molecule has 1 nitrogen and oxygen atoms in total. The van der Waals surface area contributed by atoms with E-state index in [9.17, 15) is 0 Å². The molecule has 94 valence electrons. The molecule has 0 fully saturated rings. The third kappa shape index (κ3) is 2.20. The van der Waals surface area contributed by atoms with E-state index >= 15 is 0 Å². The van der Waals surface area contributed by atoms with E-state index < -0.39 is 0 Å². The molecule has 2 rings (SSSR count). The monoisotopic (exact) mass is 231 g/mol. The minimum atomic E-state index is 0.241. The van der Waals surface area contributed by atoms with Gasteiger partial charge in [-0.1, -0.05) is 53.2 Å². The molecule has 1 unspecified atom stereocenters. The normalized spacial score (nSPS) is 23.4. The quantitative estimate of drug-likeness (QED) is 0.792. The van der Waals surface area contributed by atoms with E-state index in [1.165, 1.54) is 29.7 Å². The Hall–Kier alpha value is -0.980. The summed E-state index contributed by atoms with van der Waals surface area (Å²) >= 11 is 0. The molecular formula is C16H25N. The molecule has 1 aromatic carbocycles. The summed E-state index contributed by atoms with van der Waals surface area (Å²) in [7, 11) is 0. The summed E-state index contributed by atoms with van der Waals surface area (Å²) in [6.45, 7) is 12.6.